The summed E-state index contributed by atoms with van der Waals surface area (Å²) in [7, 11) is 0. The number of benzene rings is 1. The Morgan fingerprint density at radius 2 is 2.20 bits per heavy atom. The molecule has 0 saturated heterocycles. The molecule has 0 fully saturated rings. The van der Waals surface area contributed by atoms with Gasteiger partial charge in [-0.3, -0.25) is 5.41 Å². The van der Waals surface area contributed by atoms with Gasteiger partial charge in [0.25, 0.3) is 6.43 Å². The zero-order valence-electron chi connectivity index (χ0n) is 8.04. The van der Waals surface area contributed by atoms with Gasteiger partial charge in [-0.05, 0) is 11.6 Å². The predicted octanol–water partition coefficient (Wildman–Crippen LogP) is 1.75. The number of hydrogen-bond acceptors (Lipinski definition) is 2. The third-order valence-electron chi connectivity index (χ3n) is 1.75. The molecule has 0 saturated carbocycles. The molecule has 1 rings (SSSR count). The van der Waals surface area contributed by atoms with E-state index in [0.717, 1.165) is 5.56 Å². The van der Waals surface area contributed by atoms with Crippen LogP contribution in [0.25, 0.3) is 0 Å². The Bertz CT molecular complexity index is 342. The van der Waals surface area contributed by atoms with Crippen LogP contribution in [0.3, 0.4) is 0 Å². The molecule has 0 spiro atoms. The van der Waals surface area contributed by atoms with Gasteiger partial charge in [0.2, 0.25) is 0 Å². The zero-order chi connectivity index (χ0) is 11.3. The highest BCUT2D eigenvalue weighted by molar-refractivity contribution is 5.95. The van der Waals surface area contributed by atoms with E-state index in [4.69, 9.17) is 15.9 Å². The van der Waals surface area contributed by atoms with E-state index in [2.05, 4.69) is 0 Å². The fourth-order valence-electron chi connectivity index (χ4n) is 1.09. The minimum Gasteiger partial charge on any atom is -0.384 e. The minimum atomic E-state index is -2.46. The Morgan fingerprint density at radius 1 is 1.47 bits per heavy atom. The molecule has 0 bridgehead atoms. The Kier molecular flexibility index (Phi) is 4.17. The van der Waals surface area contributed by atoms with Gasteiger partial charge in [-0.1, -0.05) is 18.2 Å². The van der Waals surface area contributed by atoms with Crippen LogP contribution in [0.4, 0.5) is 8.78 Å². The SMILES string of the molecule is N=C(N)c1cccc(COCC(F)F)c1. The second-order valence-electron chi connectivity index (χ2n) is 3.02. The van der Waals surface area contributed by atoms with Gasteiger partial charge in [0.1, 0.15) is 12.4 Å². The smallest absolute Gasteiger partial charge is 0.261 e. The van der Waals surface area contributed by atoms with Crippen LogP contribution in [-0.2, 0) is 11.3 Å². The molecule has 0 aliphatic carbocycles. The van der Waals surface area contributed by atoms with Gasteiger partial charge in [0.05, 0.1) is 6.61 Å². The first-order valence-corrected chi connectivity index (χ1v) is 4.39. The number of alkyl halides is 2. The summed E-state index contributed by atoms with van der Waals surface area (Å²) in [5.74, 6) is -0.0503. The van der Waals surface area contributed by atoms with Crippen molar-refractivity contribution in [2.45, 2.75) is 13.0 Å². The van der Waals surface area contributed by atoms with Crippen LogP contribution in [0.1, 0.15) is 11.1 Å². The lowest BCUT2D eigenvalue weighted by Crippen LogP contribution is -2.11. The van der Waals surface area contributed by atoms with Crippen LogP contribution in [0.15, 0.2) is 24.3 Å². The van der Waals surface area contributed by atoms with Gasteiger partial charge in [0.15, 0.2) is 0 Å². The average Bonchev–Trinajstić information content (AvgIpc) is 2.17. The molecule has 0 aliphatic heterocycles. The number of nitrogens with two attached hydrogens (primary N) is 1. The molecule has 0 unspecified atom stereocenters. The second-order valence-corrected chi connectivity index (χ2v) is 3.02. The molecule has 0 aliphatic rings. The molecule has 0 atom stereocenters. The van der Waals surface area contributed by atoms with Crippen molar-refractivity contribution >= 4 is 5.84 Å². The van der Waals surface area contributed by atoms with Crippen LogP contribution in [-0.4, -0.2) is 18.9 Å². The van der Waals surface area contributed by atoms with Crippen molar-refractivity contribution in [3.05, 3.63) is 35.4 Å². The summed E-state index contributed by atoms with van der Waals surface area (Å²) in [4.78, 5) is 0. The monoisotopic (exact) mass is 214 g/mol. The molecular weight excluding hydrogens is 202 g/mol. The summed E-state index contributed by atoms with van der Waals surface area (Å²) < 4.78 is 28.3. The molecule has 0 heterocycles. The van der Waals surface area contributed by atoms with Crippen LogP contribution in [0.5, 0.6) is 0 Å². The number of hydrogen-bond donors (Lipinski definition) is 2. The van der Waals surface area contributed by atoms with Crippen molar-refractivity contribution in [1.82, 2.24) is 0 Å². The Balaban J connectivity index is 2.54. The van der Waals surface area contributed by atoms with E-state index in [0.29, 0.717) is 5.56 Å². The second kappa shape index (κ2) is 5.41. The number of nitrogens with one attached hydrogen (secondary N) is 1. The van der Waals surface area contributed by atoms with E-state index >= 15 is 0 Å². The van der Waals surface area contributed by atoms with Crippen molar-refractivity contribution in [3.8, 4) is 0 Å². The van der Waals surface area contributed by atoms with Crippen LogP contribution in [0, 0.1) is 5.41 Å². The van der Waals surface area contributed by atoms with E-state index in [1.54, 1.807) is 24.3 Å². The van der Waals surface area contributed by atoms with Gasteiger partial charge in [-0.2, -0.15) is 0 Å². The molecule has 0 aromatic heterocycles. The average molecular weight is 214 g/mol. The molecule has 3 nitrogen and oxygen atoms in total. The van der Waals surface area contributed by atoms with Gasteiger partial charge in [-0.25, -0.2) is 8.78 Å². The van der Waals surface area contributed by atoms with E-state index in [9.17, 15) is 8.78 Å². The maximum Gasteiger partial charge on any atom is 0.261 e. The van der Waals surface area contributed by atoms with Crippen molar-refractivity contribution in [2.75, 3.05) is 6.61 Å². The fourth-order valence-corrected chi connectivity index (χ4v) is 1.09. The lowest BCUT2D eigenvalue weighted by molar-refractivity contribution is 0.00988. The topological polar surface area (TPSA) is 59.1 Å². The highest BCUT2D eigenvalue weighted by atomic mass is 19.3. The Morgan fingerprint density at radius 3 is 2.80 bits per heavy atom. The molecular formula is C10H12F2N2O. The lowest BCUT2D eigenvalue weighted by atomic mass is 10.1. The predicted molar refractivity (Wildman–Crippen MR) is 53.1 cm³/mol. The van der Waals surface area contributed by atoms with E-state index in [-0.39, 0.29) is 12.4 Å². The Labute approximate surface area is 86.4 Å². The van der Waals surface area contributed by atoms with Crippen molar-refractivity contribution in [3.63, 3.8) is 0 Å². The number of rotatable bonds is 5. The molecule has 1 aromatic carbocycles. The van der Waals surface area contributed by atoms with Gasteiger partial charge < -0.3 is 10.5 Å². The molecule has 0 amide bonds. The largest absolute Gasteiger partial charge is 0.384 e. The third kappa shape index (κ3) is 4.03. The van der Waals surface area contributed by atoms with Crippen LogP contribution in [0.2, 0.25) is 0 Å². The first-order valence-electron chi connectivity index (χ1n) is 4.39. The molecule has 82 valence electrons. The number of ether oxygens (including phenoxy) is 1. The normalized spacial score (nSPS) is 10.6. The Hall–Kier alpha value is -1.49. The first kappa shape index (κ1) is 11.6. The van der Waals surface area contributed by atoms with Crippen molar-refractivity contribution < 1.29 is 13.5 Å². The van der Waals surface area contributed by atoms with Gasteiger partial charge in [0, 0.05) is 5.56 Å². The lowest BCUT2D eigenvalue weighted by Gasteiger charge is -2.05. The van der Waals surface area contributed by atoms with Crippen LogP contribution >= 0.6 is 0 Å². The third-order valence-corrected chi connectivity index (χ3v) is 1.75. The molecule has 5 heteroatoms. The van der Waals surface area contributed by atoms with E-state index in [1.807, 2.05) is 0 Å². The quantitative estimate of drug-likeness (QED) is 0.579. The maximum absolute atomic E-state index is 11.8. The molecule has 0 radical (unpaired) electrons. The summed E-state index contributed by atoms with van der Waals surface area (Å²) in [6.07, 6.45) is -2.46. The molecule has 1 aromatic rings. The maximum atomic E-state index is 11.8. The summed E-state index contributed by atoms with van der Waals surface area (Å²) >= 11 is 0. The zero-order valence-corrected chi connectivity index (χ0v) is 8.04. The standard InChI is InChI=1S/C10H12F2N2O/c11-9(12)6-15-5-7-2-1-3-8(4-7)10(13)14/h1-4,9H,5-6H2,(H3,13,14). The number of amidine groups is 1. The van der Waals surface area contributed by atoms with Crippen LogP contribution < -0.4 is 5.73 Å². The molecule has 3 N–H and O–H groups in total. The summed E-state index contributed by atoms with van der Waals surface area (Å²) in [5, 5.41) is 7.19. The number of nitrogen functional groups attached to an aromatic ring is 1. The van der Waals surface area contributed by atoms with Crippen molar-refractivity contribution in [1.29, 1.82) is 5.41 Å². The number of halogens is 2. The summed E-state index contributed by atoms with van der Waals surface area (Å²) in [6, 6.07) is 6.77. The van der Waals surface area contributed by atoms with Gasteiger partial charge >= 0.3 is 0 Å². The highest BCUT2D eigenvalue weighted by Gasteiger charge is 2.03. The van der Waals surface area contributed by atoms with Gasteiger partial charge in [-0.15, -0.1) is 0 Å². The molecule has 15 heavy (non-hydrogen) atoms. The van der Waals surface area contributed by atoms with Crippen molar-refractivity contribution in [2.24, 2.45) is 5.73 Å². The van der Waals surface area contributed by atoms with E-state index in [1.165, 1.54) is 0 Å². The minimum absolute atomic E-state index is 0.0503. The fraction of sp³-hybridized carbons (Fsp3) is 0.300. The summed E-state index contributed by atoms with van der Waals surface area (Å²) in [5.41, 5.74) is 6.57. The van der Waals surface area contributed by atoms with E-state index < -0.39 is 13.0 Å². The summed E-state index contributed by atoms with van der Waals surface area (Å²) in [6.45, 7) is -0.476. The first-order chi connectivity index (χ1) is 7.09. The highest BCUT2D eigenvalue weighted by Crippen LogP contribution is 2.06.